The minimum absolute atomic E-state index is 0.902. The van der Waals surface area contributed by atoms with Gasteiger partial charge in [-0.2, -0.15) is 4.37 Å². The van der Waals surface area contributed by atoms with Crippen LogP contribution in [0, 0.1) is 0 Å². The van der Waals surface area contributed by atoms with Gasteiger partial charge in [-0.15, -0.1) is 0 Å². The third-order valence-electron chi connectivity index (χ3n) is 1.67. The summed E-state index contributed by atoms with van der Waals surface area (Å²) in [5.41, 5.74) is 0. The van der Waals surface area contributed by atoms with Crippen molar-refractivity contribution < 1.29 is 0 Å². The summed E-state index contributed by atoms with van der Waals surface area (Å²) in [6.45, 7) is 5.19. The van der Waals surface area contributed by atoms with Gasteiger partial charge in [0.25, 0.3) is 0 Å². The maximum absolute atomic E-state index is 4.02. The van der Waals surface area contributed by atoms with Gasteiger partial charge in [-0.1, -0.05) is 6.92 Å². The molecule has 12 heavy (non-hydrogen) atoms. The fourth-order valence-electron chi connectivity index (χ4n) is 0.763. The second kappa shape index (κ2) is 5.05. The first-order valence-electron chi connectivity index (χ1n) is 4.02. The van der Waals surface area contributed by atoms with E-state index in [-0.39, 0.29) is 0 Å². The Hall–Kier alpha value is -0.680. The van der Waals surface area contributed by atoms with Gasteiger partial charge in [0.05, 0.1) is 0 Å². The Morgan fingerprint density at radius 1 is 1.67 bits per heavy atom. The molecule has 5 heteroatoms. The number of rotatable bonds is 5. The van der Waals surface area contributed by atoms with Crippen LogP contribution in [0.3, 0.4) is 0 Å². The first-order chi connectivity index (χ1) is 5.83. The molecule has 1 aromatic heterocycles. The van der Waals surface area contributed by atoms with Gasteiger partial charge < -0.3 is 10.2 Å². The molecule has 68 valence electrons. The summed E-state index contributed by atoms with van der Waals surface area (Å²) < 4.78 is 3.89. The molecule has 0 saturated carbocycles. The van der Waals surface area contributed by atoms with Crippen LogP contribution in [0.1, 0.15) is 6.92 Å². The van der Waals surface area contributed by atoms with Gasteiger partial charge in [-0.05, 0) is 13.6 Å². The number of aromatic nitrogens is 2. The highest BCUT2D eigenvalue weighted by Crippen LogP contribution is 2.04. The molecule has 0 bridgehead atoms. The Morgan fingerprint density at radius 2 is 2.50 bits per heavy atom. The van der Waals surface area contributed by atoms with Crippen molar-refractivity contribution >= 4 is 16.7 Å². The van der Waals surface area contributed by atoms with Crippen molar-refractivity contribution in [3.8, 4) is 0 Å². The number of likely N-dealkylation sites (N-methyl/N-ethyl adjacent to an activating group) is 1. The molecule has 4 nitrogen and oxygen atoms in total. The van der Waals surface area contributed by atoms with E-state index in [1.165, 1.54) is 11.5 Å². The lowest BCUT2D eigenvalue weighted by Crippen LogP contribution is -2.24. The first kappa shape index (κ1) is 9.41. The van der Waals surface area contributed by atoms with Gasteiger partial charge in [0.1, 0.15) is 6.33 Å². The predicted molar refractivity (Wildman–Crippen MR) is 51.6 cm³/mol. The summed E-state index contributed by atoms with van der Waals surface area (Å²) in [6, 6.07) is 0. The van der Waals surface area contributed by atoms with Crippen LogP contribution in [0.5, 0.6) is 0 Å². The Balaban J connectivity index is 2.11. The van der Waals surface area contributed by atoms with E-state index in [1.807, 2.05) is 0 Å². The van der Waals surface area contributed by atoms with Crippen LogP contribution in [0.15, 0.2) is 6.33 Å². The summed E-state index contributed by atoms with van der Waals surface area (Å²) in [5.74, 6) is 0. The molecule has 1 heterocycles. The number of hydrogen-bond acceptors (Lipinski definition) is 5. The van der Waals surface area contributed by atoms with Crippen LogP contribution in [0.4, 0.5) is 5.13 Å². The molecule has 0 aliphatic rings. The quantitative estimate of drug-likeness (QED) is 0.742. The van der Waals surface area contributed by atoms with Crippen molar-refractivity contribution in [2.24, 2.45) is 0 Å². The first-order valence-corrected chi connectivity index (χ1v) is 4.79. The van der Waals surface area contributed by atoms with Crippen molar-refractivity contribution in [1.82, 2.24) is 14.3 Å². The predicted octanol–water partition coefficient (Wildman–Crippen LogP) is 0.902. The molecule has 0 saturated heterocycles. The Kier molecular flexibility index (Phi) is 3.96. The molecule has 0 aliphatic heterocycles. The normalized spacial score (nSPS) is 10.6. The molecule has 0 unspecified atom stereocenters. The smallest absolute Gasteiger partial charge is 0.202 e. The van der Waals surface area contributed by atoms with Crippen molar-refractivity contribution in [3.05, 3.63) is 6.33 Å². The van der Waals surface area contributed by atoms with Gasteiger partial charge in [-0.3, -0.25) is 0 Å². The van der Waals surface area contributed by atoms with E-state index < -0.39 is 0 Å². The van der Waals surface area contributed by atoms with Crippen molar-refractivity contribution in [2.45, 2.75) is 6.92 Å². The standard InChI is InChI=1S/C7H14N4S/c1-3-11(2)5-4-8-7-9-6-10-12-7/h6H,3-5H2,1-2H3,(H,8,9,10). The fraction of sp³-hybridized carbons (Fsp3) is 0.714. The van der Waals surface area contributed by atoms with Crippen molar-refractivity contribution in [2.75, 3.05) is 32.0 Å². The summed E-state index contributed by atoms with van der Waals surface area (Å²) in [5, 5.41) is 4.10. The van der Waals surface area contributed by atoms with Crippen LogP contribution in [0.2, 0.25) is 0 Å². The zero-order chi connectivity index (χ0) is 8.81. The lowest BCUT2D eigenvalue weighted by molar-refractivity contribution is 0.367. The molecular formula is C7H14N4S. The SMILES string of the molecule is CCN(C)CCNc1ncns1. The van der Waals surface area contributed by atoms with E-state index in [0.29, 0.717) is 0 Å². The highest BCUT2D eigenvalue weighted by Gasteiger charge is 1.96. The fourth-order valence-corrected chi connectivity index (χ4v) is 1.22. The van der Waals surface area contributed by atoms with E-state index in [4.69, 9.17) is 0 Å². The highest BCUT2D eigenvalue weighted by atomic mass is 32.1. The summed E-state index contributed by atoms with van der Waals surface area (Å²) in [6.07, 6.45) is 1.57. The average molecular weight is 186 g/mol. The van der Waals surface area contributed by atoms with Crippen LogP contribution in [-0.4, -0.2) is 40.9 Å². The topological polar surface area (TPSA) is 41.0 Å². The Labute approximate surface area is 76.8 Å². The van der Waals surface area contributed by atoms with Crippen LogP contribution < -0.4 is 5.32 Å². The molecule has 0 fully saturated rings. The van der Waals surface area contributed by atoms with Gasteiger partial charge in [-0.25, -0.2) is 4.98 Å². The minimum atomic E-state index is 0.902. The van der Waals surface area contributed by atoms with E-state index >= 15 is 0 Å². The van der Waals surface area contributed by atoms with E-state index in [2.05, 4.69) is 33.5 Å². The monoisotopic (exact) mass is 186 g/mol. The van der Waals surface area contributed by atoms with Gasteiger partial charge in [0.2, 0.25) is 5.13 Å². The van der Waals surface area contributed by atoms with E-state index in [9.17, 15) is 0 Å². The molecule has 0 radical (unpaired) electrons. The van der Waals surface area contributed by atoms with Gasteiger partial charge >= 0.3 is 0 Å². The van der Waals surface area contributed by atoms with Crippen molar-refractivity contribution in [3.63, 3.8) is 0 Å². The van der Waals surface area contributed by atoms with E-state index in [0.717, 1.165) is 24.8 Å². The third kappa shape index (κ3) is 3.15. The van der Waals surface area contributed by atoms with Crippen LogP contribution in [0.25, 0.3) is 0 Å². The molecule has 1 N–H and O–H groups in total. The number of nitrogens with one attached hydrogen (secondary N) is 1. The molecule has 0 aromatic carbocycles. The van der Waals surface area contributed by atoms with Crippen LogP contribution >= 0.6 is 11.5 Å². The van der Waals surface area contributed by atoms with E-state index in [1.54, 1.807) is 6.33 Å². The lowest BCUT2D eigenvalue weighted by Gasteiger charge is -2.12. The van der Waals surface area contributed by atoms with Crippen LogP contribution in [-0.2, 0) is 0 Å². The maximum atomic E-state index is 4.02. The number of anilines is 1. The lowest BCUT2D eigenvalue weighted by atomic mass is 10.5. The molecule has 0 atom stereocenters. The minimum Gasteiger partial charge on any atom is -0.359 e. The third-order valence-corrected chi connectivity index (χ3v) is 2.29. The maximum Gasteiger partial charge on any atom is 0.202 e. The second-order valence-corrected chi connectivity index (χ2v) is 3.35. The van der Waals surface area contributed by atoms with Gasteiger partial charge in [0.15, 0.2) is 0 Å². The molecule has 1 aromatic rings. The van der Waals surface area contributed by atoms with Gasteiger partial charge in [0, 0.05) is 24.6 Å². The second-order valence-electron chi connectivity index (χ2n) is 2.57. The Morgan fingerprint density at radius 3 is 3.08 bits per heavy atom. The summed E-state index contributed by atoms with van der Waals surface area (Å²) >= 11 is 1.39. The summed E-state index contributed by atoms with van der Waals surface area (Å²) in [4.78, 5) is 6.26. The average Bonchev–Trinajstić information content (AvgIpc) is 2.57. The Bertz CT molecular complexity index is 199. The molecule has 0 aliphatic carbocycles. The van der Waals surface area contributed by atoms with Crippen molar-refractivity contribution in [1.29, 1.82) is 0 Å². The molecule has 1 rings (SSSR count). The molecule has 0 amide bonds. The highest BCUT2D eigenvalue weighted by molar-refractivity contribution is 7.09. The molecule has 0 spiro atoms. The summed E-state index contributed by atoms with van der Waals surface area (Å²) in [7, 11) is 2.10. The number of hydrogen-bond donors (Lipinski definition) is 1. The zero-order valence-electron chi connectivity index (χ0n) is 7.45. The largest absolute Gasteiger partial charge is 0.359 e. The molecular weight excluding hydrogens is 172 g/mol. The zero-order valence-corrected chi connectivity index (χ0v) is 8.27. The number of nitrogens with zero attached hydrogens (tertiary/aromatic N) is 3.